The minimum Gasteiger partial charge on any atom is -0.497 e. The molecule has 0 unspecified atom stereocenters. The van der Waals surface area contributed by atoms with Gasteiger partial charge in [0.05, 0.1) is 12.8 Å². The highest BCUT2D eigenvalue weighted by atomic mass is 32.1. The molecular formula is C15H19N3O2S. The third-order valence-corrected chi connectivity index (χ3v) is 4.98. The lowest BCUT2D eigenvalue weighted by atomic mass is 10.1. The molecule has 0 atom stereocenters. The van der Waals surface area contributed by atoms with Gasteiger partial charge >= 0.3 is 0 Å². The maximum atomic E-state index is 12.4. The van der Waals surface area contributed by atoms with Crippen LogP contribution in [0.15, 0.2) is 18.2 Å². The molecule has 2 heterocycles. The van der Waals surface area contributed by atoms with Gasteiger partial charge in [0.15, 0.2) is 0 Å². The van der Waals surface area contributed by atoms with Crippen LogP contribution in [0, 0.1) is 0 Å². The minimum absolute atomic E-state index is 0.0698. The highest BCUT2D eigenvalue weighted by molar-refractivity contribution is 7.21. The summed E-state index contributed by atoms with van der Waals surface area (Å²) in [6, 6.07) is 5.91. The number of ether oxygens (including phenoxy) is 1. The van der Waals surface area contributed by atoms with E-state index >= 15 is 0 Å². The summed E-state index contributed by atoms with van der Waals surface area (Å²) < 4.78 is 6.19. The van der Waals surface area contributed by atoms with Gasteiger partial charge in [-0.05, 0) is 44.1 Å². The van der Waals surface area contributed by atoms with Gasteiger partial charge in [-0.2, -0.15) is 0 Å². The predicted molar refractivity (Wildman–Crippen MR) is 86.1 cm³/mol. The molecule has 0 radical (unpaired) electrons. The molecular weight excluding hydrogens is 286 g/mol. The van der Waals surface area contributed by atoms with Crippen molar-refractivity contribution in [3.8, 4) is 5.75 Å². The number of rotatable bonds is 3. The van der Waals surface area contributed by atoms with Gasteiger partial charge in [-0.15, -0.1) is 11.3 Å². The highest BCUT2D eigenvalue weighted by Crippen LogP contribution is 2.35. The van der Waals surface area contributed by atoms with Crippen LogP contribution in [0.25, 0.3) is 10.1 Å². The molecule has 6 heteroatoms. The van der Waals surface area contributed by atoms with Crippen molar-refractivity contribution in [1.82, 2.24) is 10.6 Å². The van der Waals surface area contributed by atoms with E-state index in [9.17, 15) is 4.79 Å². The molecule has 0 saturated carbocycles. The number of hydrogen-bond donors (Lipinski definition) is 3. The van der Waals surface area contributed by atoms with Crippen LogP contribution in [0.2, 0.25) is 0 Å². The zero-order valence-electron chi connectivity index (χ0n) is 11.9. The number of nitrogens with two attached hydrogens (primary N) is 1. The fourth-order valence-electron chi connectivity index (χ4n) is 2.61. The van der Waals surface area contributed by atoms with Crippen molar-refractivity contribution in [2.75, 3.05) is 25.9 Å². The maximum Gasteiger partial charge on any atom is 0.263 e. The number of carbonyl (C=O) groups excluding carboxylic acids is 1. The second kappa shape index (κ2) is 5.91. The zero-order valence-corrected chi connectivity index (χ0v) is 12.8. The summed E-state index contributed by atoms with van der Waals surface area (Å²) in [7, 11) is 1.63. The highest BCUT2D eigenvalue weighted by Gasteiger charge is 2.21. The van der Waals surface area contributed by atoms with Crippen molar-refractivity contribution in [2.24, 2.45) is 0 Å². The number of methoxy groups -OCH3 is 1. The van der Waals surface area contributed by atoms with Gasteiger partial charge in [0.25, 0.3) is 5.91 Å². The molecule has 1 fully saturated rings. The summed E-state index contributed by atoms with van der Waals surface area (Å²) in [5.41, 5.74) is 6.69. The Morgan fingerprint density at radius 2 is 2.19 bits per heavy atom. The summed E-state index contributed by atoms with van der Waals surface area (Å²) in [4.78, 5) is 13.0. The summed E-state index contributed by atoms with van der Waals surface area (Å²) in [5.74, 6) is 0.702. The maximum absolute atomic E-state index is 12.4. The Morgan fingerprint density at radius 1 is 1.43 bits per heavy atom. The van der Waals surface area contributed by atoms with Crippen molar-refractivity contribution in [3.05, 3.63) is 23.1 Å². The average molecular weight is 305 g/mol. The fraction of sp³-hybridized carbons (Fsp3) is 0.400. The Hall–Kier alpha value is -1.79. The molecule has 1 aliphatic rings. The Bertz CT molecular complexity index is 662. The third kappa shape index (κ3) is 2.82. The van der Waals surface area contributed by atoms with E-state index in [0.717, 1.165) is 41.8 Å². The van der Waals surface area contributed by atoms with Crippen molar-refractivity contribution >= 4 is 33.0 Å². The van der Waals surface area contributed by atoms with Crippen molar-refractivity contribution in [2.45, 2.75) is 18.9 Å². The van der Waals surface area contributed by atoms with Crippen molar-refractivity contribution in [3.63, 3.8) is 0 Å². The summed E-state index contributed by atoms with van der Waals surface area (Å²) in [6.07, 6.45) is 1.93. The third-order valence-electron chi connectivity index (χ3n) is 3.82. The number of fused-ring (bicyclic) bond motifs is 1. The fourth-order valence-corrected chi connectivity index (χ4v) is 3.66. The lowest BCUT2D eigenvalue weighted by molar-refractivity contribution is 0.0934. The number of amides is 1. The normalized spacial score (nSPS) is 16.0. The number of benzene rings is 1. The quantitative estimate of drug-likeness (QED) is 0.810. The summed E-state index contributed by atoms with van der Waals surface area (Å²) in [6.45, 7) is 1.90. The van der Waals surface area contributed by atoms with Gasteiger partial charge in [0.1, 0.15) is 10.6 Å². The van der Waals surface area contributed by atoms with Crippen LogP contribution in [0.1, 0.15) is 22.5 Å². The molecule has 2 aromatic rings. The molecule has 112 valence electrons. The standard InChI is InChI=1S/C15H19N3O2S/c1-20-10-2-3-11-12(8-10)21-14(13(11)16)15(19)18-9-4-6-17-7-5-9/h2-3,8-9,17H,4-7,16H2,1H3,(H,18,19). The molecule has 3 rings (SSSR count). The Labute approximate surface area is 127 Å². The van der Waals surface area contributed by atoms with E-state index in [0.29, 0.717) is 10.6 Å². The monoisotopic (exact) mass is 305 g/mol. The lowest BCUT2D eigenvalue weighted by Gasteiger charge is -2.23. The van der Waals surface area contributed by atoms with Crippen LogP contribution in [0.3, 0.4) is 0 Å². The molecule has 1 saturated heterocycles. The van der Waals surface area contributed by atoms with E-state index in [1.807, 2.05) is 18.2 Å². The van der Waals surface area contributed by atoms with E-state index in [-0.39, 0.29) is 11.9 Å². The number of hydrogen-bond acceptors (Lipinski definition) is 5. The Morgan fingerprint density at radius 3 is 2.90 bits per heavy atom. The molecule has 0 aliphatic carbocycles. The Kier molecular flexibility index (Phi) is 3.98. The van der Waals surface area contributed by atoms with Crippen LogP contribution in [0.4, 0.5) is 5.69 Å². The van der Waals surface area contributed by atoms with E-state index in [2.05, 4.69) is 10.6 Å². The van der Waals surface area contributed by atoms with E-state index in [1.165, 1.54) is 11.3 Å². The first-order valence-electron chi connectivity index (χ1n) is 7.06. The van der Waals surface area contributed by atoms with Gasteiger partial charge in [-0.25, -0.2) is 0 Å². The molecule has 4 N–H and O–H groups in total. The zero-order chi connectivity index (χ0) is 14.8. The molecule has 5 nitrogen and oxygen atoms in total. The Balaban J connectivity index is 1.85. The second-order valence-electron chi connectivity index (χ2n) is 5.20. The molecule has 1 aromatic heterocycles. The number of nitrogens with one attached hydrogen (secondary N) is 2. The molecule has 1 aromatic carbocycles. The largest absolute Gasteiger partial charge is 0.497 e. The number of nitrogen functional groups attached to an aromatic ring is 1. The average Bonchev–Trinajstić information content (AvgIpc) is 2.85. The predicted octanol–water partition coefficient (Wildman–Crippen LogP) is 1.97. The van der Waals surface area contributed by atoms with Crippen LogP contribution in [-0.2, 0) is 0 Å². The first kappa shape index (κ1) is 14.2. The minimum atomic E-state index is -0.0698. The summed E-state index contributed by atoms with van der Waals surface area (Å²) in [5, 5.41) is 7.28. The molecule has 21 heavy (non-hydrogen) atoms. The molecule has 1 aliphatic heterocycles. The number of thiophene rings is 1. The van der Waals surface area contributed by atoms with E-state index in [1.54, 1.807) is 7.11 Å². The van der Waals surface area contributed by atoms with Gasteiger partial charge in [-0.3, -0.25) is 4.79 Å². The number of anilines is 1. The topological polar surface area (TPSA) is 76.4 Å². The smallest absolute Gasteiger partial charge is 0.263 e. The van der Waals surface area contributed by atoms with Crippen LogP contribution in [-0.4, -0.2) is 32.1 Å². The second-order valence-corrected chi connectivity index (χ2v) is 6.26. The van der Waals surface area contributed by atoms with E-state index < -0.39 is 0 Å². The molecule has 0 spiro atoms. The first-order chi connectivity index (χ1) is 10.2. The van der Waals surface area contributed by atoms with Gasteiger partial charge in [0.2, 0.25) is 0 Å². The van der Waals surface area contributed by atoms with Gasteiger partial charge < -0.3 is 21.1 Å². The molecule has 1 amide bonds. The van der Waals surface area contributed by atoms with Gasteiger partial charge in [0, 0.05) is 16.1 Å². The summed E-state index contributed by atoms with van der Waals surface area (Å²) >= 11 is 1.42. The SMILES string of the molecule is COc1ccc2c(N)c(C(=O)NC3CCNCC3)sc2c1. The van der Waals surface area contributed by atoms with Crippen molar-refractivity contribution in [1.29, 1.82) is 0 Å². The van der Waals surface area contributed by atoms with Crippen LogP contribution >= 0.6 is 11.3 Å². The van der Waals surface area contributed by atoms with Crippen LogP contribution < -0.4 is 21.1 Å². The number of carbonyl (C=O) groups is 1. The van der Waals surface area contributed by atoms with E-state index in [4.69, 9.17) is 10.5 Å². The lowest BCUT2D eigenvalue weighted by Crippen LogP contribution is -2.42. The number of piperidine rings is 1. The first-order valence-corrected chi connectivity index (χ1v) is 7.88. The van der Waals surface area contributed by atoms with Gasteiger partial charge in [-0.1, -0.05) is 0 Å². The van der Waals surface area contributed by atoms with Crippen LogP contribution in [0.5, 0.6) is 5.75 Å². The van der Waals surface area contributed by atoms with Crippen molar-refractivity contribution < 1.29 is 9.53 Å². The molecule has 0 bridgehead atoms.